The summed E-state index contributed by atoms with van der Waals surface area (Å²) in [5.74, 6) is -0.450. The molecule has 0 unspecified atom stereocenters. The molecule has 1 aromatic heterocycles. The number of halogens is 2. The number of amides is 2. The predicted octanol–water partition coefficient (Wildman–Crippen LogP) is 5.37. The second-order valence-corrected chi connectivity index (χ2v) is 6.79. The molecule has 3 aromatic carbocycles. The number of hydrogen-bond acceptors (Lipinski definition) is 3. The zero-order chi connectivity index (χ0) is 21.1. The third-order valence-electron chi connectivity index (χ3n) is 4.40. The minimum absolute atomic E-state index is 0.0123. The number of aryl methyl sites for hydroxylation is 1. The van der Waals surface area contributed by atoms with Crippen molar-refractivity contribution in [2.24, 2.45) is 0 Å². The Kier molecular flexibility index (Phi) is 5.30. The van der Waals surface area contributed by atoms with Gasteiger partial charge < -0.3 is 10.1 Å². The first-order valence-corrected chi connectivity index (χ1v) is 9.17. The molecule has 0 aliphatic carbocycles. The van der Waals surface area contributed by atoms with Gasteiger partial charge in [0, 0.05) is 23.2 Å². The summed E-state index contributed by atoms with van der Waals surface area (Å²) in [5.41, 5.74) is 2.79. The molecule has 8 heteroatoms. The average Bonchev–Trinajstić information content (AvgIpc) is 3.09. The van der Waals surface area contributed by atoms with Crippen LogP contribution in [0.4, 0.5) is 25.1 Å². The SMILES string of the molecule is Cc1ccc(NC(=O)Nc2n[nH]c3cc(OCc4cc(F)cc(F)c4)ccc23)cc1. The summed E-state index contributed by atoms with van der Waals surface area (Å²) in [5, 5.41) is 13.1. The molecule has 0 radical (unpaired) electrons. The fourth-order valence-electron chi connectivity index (χ4n) is 2.95. The van der Waals surface area contributed by atoms with E-state index in [4.69, 9.17) is 4.74 Å². The second kappa shape index (κ2) is 8.20. The molecule has 0 saturated carbocycles. The Morgan fingerprint density at radius 1 is 1.00 bits per heavy atom. The zero-order valence-electron chi connectivity index (χ0n) is 16.0. The van der Waals surface area contributed by atoms with E-state index < -0.39 is 17.7 Å². The van der Waals surface area contributed by atoms with Crippen LogP contribution in [0.2, 0.25) is 0 Å². The highest BCUT2D eigenvalue weighted by Gasteiger charge is 2.11. The van der Waals surface area contributed by atoms with Crippen molar-refractivity contribution < 1.29 is 18.3 Å². The van der Waals surface area contributed by atoms with Crippen molar-refractivity contribution in [2.75, 3.05) is 10.6 Å². The van der Waals surface area contributed by atoms with Crippen LogP contribution in [0.15, 0.2) is 60.7 Å². The van der Waals surface area contributed by atoms with Gasteiger partial charge in [-0.1, -0.05) is 17.7 Å². The molecule has 0 fully saturated rings. The van der Waals surface area contributed by atoms with Crippen molar-refractivity contribution in [3.63, 3.8) is 0 Å². The van der Waals surface area contributed by atoms with E-state index in [-0.39, 0.29) is 6.61 Å². The molecule has 0 spiro atoms. The lowest BCUT2D eigenvalue weighted by atomic mass is 10.2. The van der Waals surface area contributed by atoms with Crippen molar-refractivity contribution in [2.45, 2.75) is 13.5 Å². The van der Waals surface area contributed by atoms with Gasteiger partial charge in [-0.3, -0.25) is 10.4 Å². The third kappa shape index (κ3) is 4.54. The maximum Gasteiger partial charge on any atom is 0.324 e. The number of carbonyl (C=O) groups excluding carboxylic acids is 1. The minimum atomic E-state index is -0.655. The fraction of sp³-hybridized carbons (Fsp3) is 0.0909. The molecule has 152 valence electrons. The summed E-state index contributed by atoms with van der Waals surface area (Å²) in [7, 11) is 0. The number of H-pyrrole nitrogens is 1. The van der Waals surface area contributed by atoms with E-state index in [0.717, 1.165) is 11.6 Å². The molecule has 2 amide bonds. The van der Waals surface area contributed by atoms with Gasteiger partial charge in [0.2, 0.25) is 0 Å². The third-order valence-corrected chi connectivity index (χ3v) is 4.40. The lowest BCUT2D eigenvalue weighted by Gasteiger charge is -2.08. The molecule has 0 aliphatic rings. The van der Waals surface area contributed by atoms with Gasteiger partial charge in [0.25, 0.3) is 0 Å². The van der Waals surface area contributed by atoms with Crippen LogP contribution in [0, 0.1) is 18.6 Å². The van der Waals surface area contributed by atoms with E-state index in [2.05, 4.69) is 20.8 Å². The summed E-state index contributed by atoms with van der Waals surface area (Å²) in [6.07, 6.45) is 0. The Bertz CT molecular complexity index is 1190. The number of anilines is 2. The second-order valence-electron chi connectivity index (χ2n) is 6.79. The van der Waals surface area contributed by atoms with E-state index >= 15 is 0 Å². The number of fused-ring (bicyclic) bond motifs is 1. The summed E-state index contributed by atoms with van der Waals surface area (Å²) in [4.78, 5) is 12.2. The number of urea groups is 1. The van der Waals surface area contributed by atoms with E-state index in [1.807, 2.05) is 31.2 Å². The molecule has 0 atom stereocenters. The molecule has 30 heavy (non-hydrogen) atoms. The normalized spacial score (nSPS) is 10.8. The number of aromatic amines is 1. The molecular formula is C22H18F2N4O2. The molecule has 4 aromatic rings. The van der Waals surface area contributed by atoms with Crippen LogP contribution in [-0.2, 0) is 6.61 Å². The highest BCUT2D eigenvalue weighted by atomic mass is 19.1. The van der Waals surface area contributed by atoms with E-state index in [1.54, 1.807) is 18.2 Å². The van der Waals surface area contributed by atoms with Gasteiger partial charge in [-0.15, -0.1) is 0 Å². The smallest absolute Gasteiger partial charge is 0.324 e. The van der Waals surface area contributed by atoms with Crippen molar-refractivity contribution in [1.82, 2.24) is 10.2 Å². The Labute approximate surface area is 170 Å². The molecule has 0 bridgehead atoms. The molecule has 1 heterocycles. The Hall–Kier alpha value is -3.94. The molecule has 4 rings (SSSR count). The number of nitrogens with zero attached hydrogens (tertiary/aromatic N) is 1. The maximum atomic E-state index is 13.3. The van der Waals surface area contributed by atoms with E-state index in [0.29, 0.717) is 33.7 Å². The van der Waals surface area contributed by atoms with Gasteiger partial charge >= 0.3 is 6.03 Å². The Balaban J connectivity index is 1.42. The van der Waals surface area contributed by atoms with Crippen LogP contribution in [0.1, 0.15) is 11.1 Å². The van der Waals surface area contributed by atoms with Gasteiger partial charge in [0.05, 0.1) is 5.52 Å². The van der Waals surface area contributed by atoms with E-state index in [9.17, 15) is 13.6 Å². The Morgan fingerprint density at radius 3 is 2.47 bits per heavy atom. The summed E-state index contributed by atoms with van der Waals surface area (Å²) >= 11 is 0. The molecule has 0 aliphatic heterocycles. The van der Waals surface area contributed by atoms with Crippen LogP contribution in [0.5, 0.6) is 5.75 Å². The zero-order valence-corrected chi connectivity index (χ0v) is 16.0. The van der Waals surface area contributed by atoms with Crippen molar-refractivity contribution in [3.8, 4) is 5.75 Å². The van der Waals surface area contributed by atoms with Gasteiger partial charge in [0.1, 0.15) is 24.0 Å². The first-order chi connectivity index (χ1) is 14.5. The van der Waals surface area contributed by atoms with Gasteiger partial charge in [0.15, 0.2) is 5.82 Å². The summed E-state index contributed by atoms with van der Waals surface area (Å²) in [6.45, 7) is 1.98. The Morgan fingerprint density at radius 2 is 1.73 bits per heavy atom. The molecule has 6 nitrogen and oxygen atoms in total. The standard InChI is InChI=1S/C22H18F2N4O2/c1-13-2-4-17(5-3-13)25-22(29)26-21-19-7-6-18(11-20(19)27-28-21)30-12-14-8-15(23)10-16(24)9-14/h2-11H,12H2,1H3,(H3,25,26,27,28,29). The number of benzene rings is 3. The van der Waals surface area contributed by atoms with Crippen molar-refractivity contribution >= 4 is 28.4 Å². The monoisotopic (exact) mass is 408 g/mol. The van der Waals surface area contributed by atoms with Gasteiger partial charge in [-0.05, 0) is 48.9 Å². The van der Waals surface area contributed by atoms with E-state index in [1.165, 1.54) is 12.1 Å². The summed E-state index contributed by atoms with van der Waals surface area (Å²) < 4.78 is 32.2. The minimum Gasteiger partial charge on any atom is -0.489 e. The van der Waals surface area contributed by atoms with Crippen molar-refractivity contribution in [1.29, 1.82) is 0 Å². The number of nitrogens with one attached hydrogen (secondary N) is 3. The first-order valence-electron chi connectivity index (χ1n) is 9.17. The van der Waals surface area contributed by atoms with Crippen LogP contribution >= 0.6 is 0 Å². The average molecular weight is 408 g/mol. The number of aromatic nitrogens is 2. The van der Waals surface area contributed by atoms with Crippen molar-refractivity contribution in [3.05, 3.63) is 83.4 Å². The fourth-order valence-corrected chi connectivity index (χ4v) is 2.95. The van der Waals surface area contributed by atoms with Crippen LogP contribution in [-0.4, -0.2) is 16.2 Å². The highest BCUT2D eigenvalue weighted by molar-refractivity contribution is 6.04. The highest BCUT2D eigenvalue weighted by Crippen LogP contribution is 2.25. The first kappa shape index (κ1) is 19.4. The number of carbonyl (C=O) groups is 1. The largest absolute Gasteiger partial charge is 0.489 e. The lowest BCUT2D eigenvalue weighted by Crippen LogP contribution is -2.19. The molecular weight excluding hydrogens is 390 g/mol. The van der Waals surface area contributed by atoms with Gasteiger partial charge in [-0.2, -0.15) is 5.10 Å². The molecule has 0 saturated heterocycles. The van der Waals surface area contributed by atoms with Crippen LogP contribution in [0.3, 0.4) is 0 Å². The van der Waals surface area contributed by atoms with Crippen LogP contribution < -0.4 is 15.4 Å². The van der Waals surface area contributed by atoms with Gasteiger partial charge in [-0.25, -0.2) is 13.6 Å². The summed E-state index contributed by atoms with van der Waals surface area (Å²) in [6, 6.07) is 15.4. The van der Waals surface area contributed by atoms with Crippen LogP contribution in [0.25, 0.3) is 10.9 Å². The molecule has 3 N–H and O–H groups in total. The topological polar surface area (TPSA) is 79.0 Å². The number of rotatable bonds is 5. The quantitative estimate of drug-likeness (QED) is 0.415. The predicted molar refractivity (Wildman–Crippen MR) is 111 cm³/mol. The lowest BCUT2D eigenvalue weighted by molar-refractivity contribution is 0.262. The number of hydrogen-bond donors (Lipinski definition) is 3. The maximum absolute atomic E-state index is 13.3. The number of ether oxygens (including phenoxy) is 1.